The average Bonchev–Trinajstić information content (AvgIpc) is 2.72. The molecular weight excluding hydrogens is 260 g/mol. The quantitative estimate of drug-likeness (QED) is 0.874. The SMILES string of the molecule is CCn1c(-c2cccn(CC(C)C)c2=O)n[nH]c1=S. The molecule has 0 spiro atoms. The Balaban J connectivity index is 2.57. The van der Waals surface area contributed by atoms with Gasteiger partial charge in [0.15, 0.2) is 10.6 Å². The first-order valence-electron chi connectivity index (χ1n) is 6.39. The molecule has 0 bridgehead atoms. The van der Waals surface area contributed by atoms with E-state index in [1.807, 2.05) is 23.8 Å². The molecule has 0 radical (unpaired) electrons. The highest BCUT2D eigenvalue weighted by Crippen LogP contribution is 2.13. The molecule has 2 aromatic rings. The number of hydrogen-bond acceptors (Lipinski definition) is 3. The van der Waals surface area contributed by atoms with Gasteiger partial charge in [-0.15, -0.1) is 0 Å². The van der Waals surface area contributed by atoms with Crippen molar-refractivity contribution in [1.82, 2.24) is 19.3 Å². The topological polar surface area (TPSA) is 55.6 Å². The van der Waals surface area contributed by atoms with Gasteiger partial charge in [0.25, 0.3) is 5.56 Å². The number of nitrogens with zero attached hydrogens (tertiary/aromatic N) is 3. The van der Waals surface area contributed by atoms with Crippen LogP contribution in [0.3, 0.4) is 0 Å². The van der Waals surface area contributed by atoms with E-state index < -0.39 is 0 Å². The van der Waals surface area contributed by atoms with Gasteiger partial charge in [-0.1, -0.05) is 13.8 Å². The summed E-state index contributed by atoms with van der Waals surface area (Å²) in [5, 5.41) is 6.91. The van der Waals surface area contributed by atoms with E-state index in [2.05, 4.69) is 24.0 Å². The van der Waals surface area contributed by atoms with Gasteiger partial charge in [-0.2, -0.15) is 5.10 Å². The molecule has 6 heteroatoms. The second-order valence-corrected chi connectivity index (χ2v) is 5.26. The van der Waals surface area contributed by atoms with Crippen molar-refractivity contribution in [2.75, 3.05) is 0 Å². The summed E-state index contributed by atoms with van der Waals surface area (Å²) in [7, 11) is 0. The van der Waals surface area contributed by atoms with Gasteiger partial charge in [0, 0.05) is 19.3 Å². The molecule has 0 aliphatic rings. The fourth-order valence-corrected chi connectivity index (χ4v) is 2.32. The minimum absolute atomic E-state index is 0.0279. The van der Waals surface area contributed by atoms with Crippen molar-refractivity contribution in [3.05, 3.63) is 33.5 Å². The van der Waals surface area contributed by atoms with Gasteiger partial charge in [0.2, 0.25) is 0 Å². The standard InChI is InChI=1S/C13H18N4OS/c1-4-17-11(14-15-13(17)19)10-6-5-7-16(12(10)18)8-9(2)3/h5-7,9H,4,8H2,1-3H3,(H,15,19). The van der Waals surface area contributed by atoms with E-state index in [4.69, 9.17) is 12.2 Å². The van der Waals surface area contributed by atoms with Crippen molar-refractivity contribution in [2.45, 2.75) is 33.9 Å². The molecule has 0 aliphatic carbocycles. The van der Waals surface area contributed by atoms with E-state index in [1.54, 1.807) is 10.6 Å². The number of H-pyrrole nitrogens is 1. The lowest BCUT2D eigenvalue weighted by molar-refractivity contribution is 0.511. The van der Waals surface area contributed by atoms with Crippen molar-refractivity contribution in [1.29, 1.82) is 0 Å². The van der Waals surface area contributed by atoms with Crippen LogP contribution in [0.2, 0.25) is 0 Å². The lowest BCUT2D eigenvalue weighted by Crippen LogP contribution is -2.24. The molecule has 0 saturated heterocycles. The number of hydrogen-bond donors (Lipinski definition) is 1. The fraction of sp³-hybridized carbons (Fsp3) is 0.462. The van der Waals surface area contributed by atoms with Gasteiger partial charge in [-0.25, -0.2) is 0 Å². The van der Waals surface area contributed by atoms with E-state index in [1.165, 1.54) is 0 Å². The Morgan fingerprint density at radius 2 is 2.21 bits per heavy atom. The molecule has 0 saturated carbocycles. The molecular formula is C13H18N4OS. The van der Waals surface area contributed by atoms with Crippen molar-refractivity contribution >= 4 is 12.2 Å². The van der Waals surface area contributed by atoms with Crippen LogP contribution in [0.1, 0.15) is 20.8 Å². The van der Waals surface area contributed by atoms with Crippen LogP contribution < -0.4 is 5.56 Å². The maximum Gasteiger partial charge on any atom is 0.261 e. The van der Waals surface area contributed by atoms with Crippen LogP contribution in [-0.2, 0) is 13.1 Å². The van der Waals surface area contributed by atoms with Gasteiger partial charge in [0.05, 0.1) is 5.56 Å². The molecule has 19 heavy (non-hydrogen) atoms. The van der Waals surface area contributed by atoms with Crippen molar-refractivity contribution < 1.29 is 0 Å². The summed E-state index contributed by atoms with van der Waals surface area (Å²) in [5.41, 5.74) is 0.553. The van der Waals surface area contributed by atoms with Crippen LogP contribution in [-0.4, -0.2) is 19.3 Å². The van der Waals surface area contributed by atoms with Gasteiger partial charge >= 0.3 is 0 Å². The Labute approximate surface area is 116 Å². The third kappa shape index (κ3) is 2.68. The van der Waals surface area contributed by atoms with E-state index in [0.29, 0.717) is 35.2 Å². The summed E-state index contributed by atoms with van der Waals surface area (Å²) < 4.78 is 4.08. The highest BCUT2D eigenvalue weighted by Gasteiger charge is 2.13. The largest absolute Gasteiger partial charge is 0.315 e. The Kier molecular flexibility index (Phi) is 3.99. The Bertz CT molecular complexity index is 680. The summed E-state index contributed by atoms with van der Waals surface area (Å²) in [5.74, 6) is 1.02. The van der Waals surface area contributed by atoms with E-state index in [0.717, 1.165) is 0 Å². The Morgan fingerprint density at radius 1 is 1.47 bits per heavy atom. The highest BCUT2D eigenvalue weighted by molar-refractivity contribution is 7.71. The molecule has 0 fully saturated rings. The van der Waals surface area contributed by atoms with E-state index >= 15 is 0 Å². The molecule has 0 atom stereocenters. The molecule has 2 rings (SSSR count). The molecule has 0 amide bonds. The van der Waals surface area contributed by atoms with Crippen LogP contribution in [0, 0.1) is 10.7 Å². The van der Waals surface area contributed by atoms with Crippen LogP contribution >= 0.6 is 12.2 Å². The first kappa shape index (κ1) is 13.7. The second kappa shape index (κ2) is 5.52. The van der Waals surface area contributed by atoms with E-state index in [9.17, 15) is 4.79 Å². The smallest absolute Gasteiger partial charge is 0.261 e. The average molecular weight is 278 g/mol. The predicted molar refractivity (Wildman–Crippen MR) is 77.6 cm³/mol. The van der Waals surface area contributed by atoms with Crippen LogP contribution in [0.5, 0.6) is 0 Å². The molecule has 5 nitrogen and oxygen atoms in total. The second-order valence-electron chi connectivity index (χ2n) is 4.87. The molecule has 2 heterocycles. The monoisotopic (exact) mass is 278 g/mol. The number of aromatic nitrogens is 4. The van der Waals surface area contributed by atoms with Crippen molar-refractivity contribution in [2.24, 2.45) is 5.92 Å². The zero-order chi connectivity index (χ0) is 14.0. The normalized spacial score (nSPS) is 11.2. The summed E-state index contributed by atoms with van der Waals surface area (Å²) in [6.07, 6.45) is 1.81. The van der Waals surface area contributed by atoms with Gasteiger partial charge in [0.1, 0.15) is 0 Å². The summed E-state index contributed by atoms with van der Waals surface area (Å²) in [6, 6.07) is 3.66. The maximum absolute atomic E-state index is 12.4. The number of rotatable bonds is 4. The van der Waals surface area contributed by atoms with Gasteiger partial charge in [-0.05, 0) is 37.2 Å². The molecule has 1 N–H and O–H groups in total. The lowest BCUT2D eigenvalue weighted by atomic mass is 10.2. The molecule has 0 aliphatic heterocycles. The first-order chi connectivity index (χ1) is 9.04. The third-order valence-electron chi connectivity index (χ3n) is 2.90. The summed E-state index contributed by atoms with van der Waals surface area (Å²) >= 11 is 5.15. The molecule has 102 valence electrons. The Hall–Kier alpha value is -1.69. The van der Waals surface area contributed by atoms with Crippen LogP contribution in [0.4, 0.5) is 0 Å². The van der Waals surface area contributed by atoms with E-state index in [-0.39, 0.29) is 5.56 Å². The Morgan fingerprint density at radius 3 is 2.84 bits per heavy atom. The number of aromatic amines is 1. The molecule has 2 aromatic heterocycles. The van der Waals surface area contributed by atoms with Crippen LogP contribution in [0.25, 0.3) is 11.4 Å². The van der Waals surface area contributed by atoms with Gasteiger partial charge < -0.3 is 9.13 Å². The highest BCUT2D eigenvalue weighted by atomic mass is 32.1. The van der Waals surface area contributed by atoms with Crippen LogP contribution in [0.15, 0.2) is 23.1 Å². The van der Waals surface area contributed by atoms with Crippen molar-refractivity contribution in [3.8, 4) is 11.4 Å². The zero-order valence-corrected chi connectivity index (χ0v) is 12.2. The lowest BCUT2D eigenvalue weighted by Gasteiger charge is -2.10. The third-order valence-corrected chi connectivity index (χ3v) is 3.21. The number of pyridine rings is 1. The molecule has 0 aromatic carbocycles. The predicted octanol–water partition coefficient (Wildman–Crippen LogP) is 2.45. The van der Waals surface area contributed by atoms with Gasteiger partial charge in [-0.3, -0.25) is 9.89 Å². The van der Waals surface area contributed by atoms with Crippen molar-refractivity contribution in [3.63, 3.8) is 0 Å². The summed E-state index contributed by atoms with van der Waals surface area (Å²) in [4.78, 5) is 12.4. The maximum atomic E-state index is 12.4. The molecule has 0 unspecified atom stereocenters. The minimum Gasteiger partial charge on any atom is -0.315 e. The first-order valence-corrected chi connectivity index (χ1v) is 6.80. The number of nitrogens with one attached hydrogen (secondary N) is 1. The minimum atomic E-state index is -0.0279. The zero-order valence-electron chi connectivity index (χ0n) is 11.4. The summed E-state index contributed by atoms with van der Waals surface area (Å²) in [6.45, 7) is 7.53. The fourth-order valence-electron chi connectivity index (χ4n) is 2.06.